The summed E-state index contributed by atoms with van der Waals surface area (Å²) in [4.78, 5) is 31.7. The second-order valence-electron chi connectivity index (χ2n) is 10.3. The van der Waals surface area contributed by atoms with Gasteiger partial charge in [0.1, 0.15) is 5.75 Å². The number of rotatable bonds is 19. The van der Waals surface area contributed by atoms with Gasteiger partial charge in [-0.05, 0) is 36.2 Å². The highest BCUT2D eigenvalue weighted by Gasteiger charge is 2.16. The minimum atomic E-state index is -0.484. The number of H-pyrrole nitrogens is 1. The molecule has 0 aliphatic rings. The van der Waals surface area contributed by atoms with Gasteiger partial charge in [-0.3, -0.25) is 14.3 Å². The van der Waals surface area contributed by atoms with Crippen LogP contribution in [0.5, 0.6) is 5.75 Å². The highest BCUT2D eigenvalue weighted by atomic mass is 16.5. The molecule has 0 aliphatic carbocycles. The predicted molar refractivity (Wildman–Crippen MR) is 160 cm³/mol. The number of hydrogen-bond acceptors (Lipinski definition) is 6. The van der Waals surface area contributed by atoms with Gasteiger partial charge in [0.15, 0.2) is 11.2 Å². The summed E-state index contributed by atoms with van der Waals surface area (Å²) in [7, 11) is 3.23. The first kappa shape index (κ1) is 30.2. The lowest BCUT2D eigenvalue weighted by Gasteiger charge is -2.08. The summed E-state index contributed by atoms with van der Waals surface area (Å²) in [6.45, 7) is 2.89. The lowest BCUT2D eigenvalue weighted by atomic mass is 10.0. The van der Waals surface area contributed by atoms with Crippen LogP contribution in [0.2, 0.25) is 0 Å². The molecule has 9 heteroatoms. The van der Waals surface area contributed by atoms with Crippen LogP contribution in [0.1, 0.15) is 102 Å². The summed E-state index contributed by atoms with van der Waals surface area (Å²) in [5.74, 6) is 1.21. The SMILES string of the molecule is CCCCCCCCCCCCCCCCn1c(NN=Cc2ccc(OC)cc2)nc2c1c(=O)[nH]c(=O)n2C. The van der Waals surface area contributed by atoms with Gasteiger partial charge in [0.2, 0.25) is 5.95 Å². The topological polar surface area (TPSA) is 106 Å². The Bertz CT molecular complexity index is 1270. The van der Waals surface area contributed by atoms with Crippen LogP contribution in [0.4, 0.5) is 5.95 Å². The van der Waals surface area contributed by atoms with Crippen molar-refractivity contribution in [2.24, 2.45) is 12.1 Å². The zero-order chi connectivity index (χ0) is 27.9. The molecule has 0 spiro atoms. The fourth-order valence-electron chi connectivity index (χ4n) is 4.86. The van der Waals surface area contributed by atoms with E-state index in [1.807, 2.05) is 28.8 Å². The van der Waals surface area contributed by atoms with Crippen molar-refractivity contribution < 1.29 is 4.74 Å². The molecule has 3 aromatic rings. The molecule has 0 saturated carbocycles. The molecule has 0 aliphatic heterocycles. The Morgan fingerprint density at radius 2 is 1.46 bits per heavy atom. The summed E-state index contributed by atoms with van der Waals surface area (Å²) in [5, 5.41) is 4.32. The maximum atomic E-state index is 12.7. The summed E-state index contributed by atoms with van der Waals surface area (Å²) in [5.41, 5.74) is 3.68. The molecule has 0 atom stereocenters. The molecule has 214 valence electrons. The second-order valence-corrected chi connectivity index (χ2v) is 10.3. The number of imidazole rings is 1. The van der Waals surface area contributed by atoms with Gasteiger partial charge in [0.25, 0.3) is 5.56 Å². The number of nitrogens with zero attached hydrogens (tertiary/aromatic N) is 4. The van der Waals surface area contributed by atoms with Crippen molar-refractivity contribution in [1.29, 1.82) is 0 Å². The number of aromatic amines is 1. The molecule has 9 nitrogen and oxygen atoms in total. The molecule has 0 bridgehead atoms. The van der Waals surface area contributed by atoms with Gasteiger partial charge in [0.05, 0.1) is 13.3 Å². The Balaban J connectivity index is 1.49. The number of aryl methyl sites for hydroxylation is 2. The van der Waals surface area contributed by atoms with Gasteiger partial charge >= 0.3 is 5.69 Å². The molecule has 3 rings (SSSR count). The van der Waals surface area contributed by atoms with E-state index in [4.69, 9.17) is 4.74 Å². The molecule has 0 fully saturated rings. The molecule has 0 unspecified atom stereocenters. The Morgan fingerprint density at radius 1 is 0.897 bits per heavy atom. The van der Waals surface area contributed by atoms with Crippen molar-refractivity contribution in [3.63, 3.8) is 0 Å². The number of hydrazone groups is 1. The number of fused-ring (bicyclic) bond motifs is 1. The number of ether oxygens (including phenoxy) is 1. The molecule has 0 amide bonds. The van der Waals surface area contributed by atoms with Gasteiger partial charge < -0.3 is 9.30 Å². The lowest BCUT2D eigenvalue weighted by Crippen LogP contribution is -2.29. The predicted octanol–water partition coefficient (Wildman–Crippen LogP) is 6.36. The van der Waals surface area contributed by atoms with Crippen LogP contribution >= 0.6 is 0 Å². The minimum absolute atomic E-state index is 0.344. The van der Waals surface area contributed by atoms with E-state index < -0.39 is 11.2 Å². The van der Waals surface area contributed by atoms with Gasteiger partial charge in [0, 0.05) is 13.6 Å². The first-order chi connectivity index (χ1) is 19.0. The highest BCUT2D eigenvalue weighted by Crippen LogP contribution is 2.18. The van der Waals surface area contributed by atoms with Crippen LogP contribution in [-0.4, -0.2) is 32.4 Å². The smallest absolute Gasteiger partial charge is 0.329 e. The van der Waals surface area contributed by atoms with Crippen LogP contribution < -0.4 is 21.4 Å². The molecule has 0 saturated heterocycles. The quantitative estimate of drug-likeness (QED) is 0.105. The van der Waals surface area contributed by atoms with Gasteiger partial charge in [-0.25, -0.2) is 10.2 Å². The second kappa shape index (κ2) is 16.6. The van der Waals surface area contributed by atoms with E-state index in [0.717, 1.165) is 24.2 Å². The van der Waals surface area contributed by atoms with Crippen LogP contribution in [0.15, 0.2) is 39.0 Å². The van der Waals surface area contributed by atoms with Crippen molar-refractivity contribution in [3.05, 3.63) is 50.7 Å². The van der Waals surface area contributed by atoms with E-state index in [1.165, 1.54) is 81.6 Å². The van der Waals surface area contributed by atoms with E-state index in [-0.39, 0.29) is 0 Å². The standard InChI is InChI=1S/C30H46N6O3/c1-4-5-6-7-8-9-10-11-12-13-14-15-16-17-22-36-26-27(35(2)30(38)33-28(26)37)32-29(36)34-31-23-24-18-20-25(39-3)21-19-24/h18-21,23H,4-17,22H2,1-3H3,(H,32,34)(H,33,37,38). The molecule has 2 N–H and O–H groups in total. The third-order valence-corrected chi connectivity index (χ3v) is 7.24. The number of anilines is 1. The van der Waals surface area contributed by atoms with Crippen LogP contribution in [0.3, 0.4) is 0 Å². The van der Waals surface area contributed by atoms with Crippen molar-refractivity contribution in [3.8, 4) is 5.75 Å². The minimum Gasteiger partial charge on any atom is -0.497 e. The fourth-order valence-corrected chi connectivity index (χ4v) is 4.86. The lowest BCUT2D eigenvalue weighted by molar-refractivity contribution is 0.415. The Labute approximate surface area is 231 Å². The molecular weight excluding hydrogens is 492 g/mol. The van der Waals surface area contributed by atoms with Crippen LogP contribution in [-0.2, 0) is 13.6 Å². The summed E-state index contributed by atoms with van der Waals surface area (Å²) in [6, 6.07) is 7.52. The Morgan fingerprint density at radius 3 is 2.03 bits per heavy atom. The number of unbranched alkanes of at least 4 members (excludes halogenated alkanes) is 13. The Kier molecular flexibility index (Phi) is 12.8. The summed E-state index contributed by atoms with van der Waals surface area (Å²) in [6.07, 6.45) is 19.7. The van der Waals surface area contributed by atoms with Gasteiger partial charge in [-0.1, -0.05) is 90.4 Å². The van der Waals surface area contributed by atoms with Crippen LogP contribution in [0.25, 0.3) is 11.2 Å². The number of hydrogen-bond donors (Lipinski definition) is 2. The first-order valence-corrected chi connectivity index (χ1v) is 14.7. The van der Waals surface area contributed by atoms with E-state index in [2.05, 4.69) is 27.4 Å². The number of aromatic nitrogens is 4. The highest BCUT2D eigenvalue weighted by molar-refractivity contribution is 5.80. The van der Waals surface area contributed by atoms with Crippen molar-refractivity contribution >= 4 is 23.3 Å². The maximum Gasteiger partial charge on any atom is 0.329 e. The monoisotopic (exact) mass is 538 g/mol. The van der Waals surface area contributed by atoms with Gasteiger partial charge in [-0.2, -0.15) is 10.1 Å². The fraction of sp³-hybridized carbons (Fsp3) is 0.600. The average molecular weight is 539 g/mol. The number of benzene rings is 1. The largest absolute Gasteiger partial charge is 0.497 e. The van der Waals surface area contributed by atoms with Crippen molar-refractivity contribution in [1.82, 2.24) is 19.1 Å². The molecule has 1 aromatic carbocycles. The molecule has 0 radical (unpaired) electrons. The Hall–Kier alpha value is -3.36. The third kappa shape index (κ3) is 9.41. The molecular formula is C30H46N6O3. The van der Waals surface area contributed by atoms with E-state index in [0.29, 0.717) is 23.7 Å². The number of methoxy groups -OCH3 is 1. The van der Waals surface area contributed by atoms with Gasteiger partial charge in [-0.15, -0.1) is 0 Å². The zero-order valence-electron chi connectivity index (χ0n) is 24.0. The van der Waals surface area contributed by atoms with Crippen molar-refractivity contribution in [2.75, 3.05) is 12.5 Å². The summed E-state index contributed by atoms with van der Waals surface area (Å²) < 4.78 is 8.38. The van der Waals surface area contributed by atoms with E-state index >= 15 is 0 Å². The van der Waals surface area contributed by atoms with E-state index in [1.54, 1.807) is 20.4 Å². The normalized spacial score (nSPS) is 11.6. The number of nitrogens with one attached hydrogen (secondary N) is 2. The molecule has 39 heavy (non-hydrogen) atoms. The molecule has 2 aromatic heterocycles. The van der Waals surface area contributed by atoms with Crippen molar-refractivity contribution in [2.45, 2.75) is 103 Å². The summed E-state index contributed by atoms with van der Waals surface area (Å²) >= 11 is 0. The maximum absolute atomic E-state index is 12.7. The average Bonchev–Trinajstić information content (AvgIpc) is 3.31. The van der Waals surface area contributed by atoms with Crippen LogP contribution in [0, 0.1) is 0 Å². The third-order valence-electron chi connectivity index (χ3n) is 7.24. The first-order valence-electron chi connectivity index (χ1n) is 14.7. The zero-order valence-corrected chi connectivity index (χ0v) is 24.0. The van der Waals surface area contributed by atoms with E-state index in [9.17, 15) is 9.59 Å². The molecule has 2 heterocycles.